The zero-order valence-electron chi connectivity index (χ0n) is 21.5. The molecule has 0 saturated carbocycles. The monoisotopic (exact) mass is 565 g/mol. The summed E-state index contributed by atoms with van der Waals surface area (Å²) in [6, 6.07) is 9.22. The Hall–Kier alpha value is -3.22. The molecule has 0 spiro atoms. The first-order chi connectivity index (χ1) is 17.8. The van der Waals surface area contributed by atoms with Crippen LogP contribution in [0.15, 0.2) is 42.6 Å². The lowest BCUT2D eigenvalue weighted by Gasteiger charge is -2.34. The zero-order chi connectivity index (χ0) is 27.7. The predicted octanol–water partition coefficient (Wildman–Crippen LogP) is 5.19. The van der Waals surface area contributed by atoms with Crippen molar-refractivity contribution < 1.29 is 17.2 Å². The summed E-state index contributed by atoms with van der Waals surface area (Å²) in [5.41, 5.74) is 1.40. The normalized spacial score (nSPS) is 14.9. The number of likely N-dealkylation sites (N-methyl/N-ethyl adjacent to an activating group) is 1. The number of benzene rings is 2. The number of aromatic nitrogens is 2. The van der Waals surface area contributed by atoms with Gasteiger partial charge in [0.05, 0.1) is 27.3 Å². The molecule has 1 fully saturated rings. The summed E-state index contributed by atoms with van der Waals surface area (Å²) in [5.74, 6) is -1.24. The minimum Gasteiger partial charge on any atom is -0.367 e. The van der Waals surface area contributed by atoms with E-state index in [0.717, 1.165) is 32.4 Å². The molecule has 204 valence electrons. The third-order valence-corrected chi connectivity index (χ3v) is 8.50. The van der Waals surface area contributed by atoms with Gasteiger partial charge in [0, 0.05) is 37.6 Å². The van der Waals surface area contributed by atoms with E-state index < -0.39 is 20.6 Å². The molecule has 0 atom stereocenters. The predicted molar refractivity (Wildman–Crippen MR) is 148 cm³/mol. The van der Waals surface area contributed by atoms with Crippen molar-refractivity contribution in [3.63, 3.8) is 0 Å². The molecule has 0 bridgehead atoms. The molecule has 0 aliphatic carbocycles. The Kier molecular flexibility index (Phi) is 7.96. The Morgan fingerprint density at radius 2 is 1.61 bits per heavy atom. The lowest BCUT2D eigenvalue weighted by molar-refractivity contribution is 0.311. The van der Waals surface area contributed by atoms with Gasteiger partial charge in [-0.1, -0.05) is 11.6 Å². The molecule has 1 aliphatic rings. The second-order valence-electron chi connectivity index (χ2n) is 10.0. The van der Waals surface area contributed by atoms with Crippen LogP contribution in [0.4, 0.5) is 43.3 Å². The van der Waals surface area contributed by atoms with E-state index in [0.29, 0.717) is 17.1 Å². The second kappa shape index (κ2) is 10.9. The lowest BCUT2D eigenvalue weighted by atomic mass is 10.2. The van der Waals surface area contributed by atoms with Crippen LogP contribution >= 0.6 is 11.6 Å². The molecule has 2 aromatic carbocycles. The highest BCUT2D eigenvalue weighted by atomic mass is 35.5. The molecular weight excluding hydrogens is 536 g/mol. The highest BCUT2D eigenvalue weighted by Crippen LogP contribution is 2.31. The van der Waals surface area contributed by atoms with E-state index in [1.807, 2.05) is 11.9 Å². The van der Waals surface area contributed by atoms with Gasteiger partial charge in [-0.3, -0.25) is 4.72 Å². The fourth-order valence-corrected chi connectivity index (χ4v) is 4.63. The van der Waals surface area contributed by atoms with E-state index in [9.17, 15) is 17.2 Å². The van der Waals surface area contributed by atoms with Crippen LogP contribution in [0.1, 0.15) is 20.8 Å². The molecule has 0 radical (unpaired) electrons. The summed E-state index contributed by atoms with van der Waals surface area (Å²) in [5, 5.41) is 5.89. The van der Waals surface area contributed by atoms with Gasteiger partial charge in [-0.25, -0.2) is 22.2 Å². The summed E-state index contributed by atoms with van der Waals surface area (Å²) in [4.78, 5) is 12.3. The summed E-state index contributed by atoms with van der Waals surface area (Å²) in [7, 11) is -1.70. The van der Waals surface area contributed by atoms with Gasteiger partial charge >= 0.3 is 0 Å². The summed E-state index contributed by atoms with van der Waals surface area (Å²) in [6.07, 6.45) is 0.978. The first-order valence-electron chi connectivity index (χ1n) is 11.9. The maximum Gasteiger partial charge on any atom is 0.237 e. The third-order valence-electron chi connectivity index (χ3n) is 6.07. The number of rotatable bonds is 7. The average molecular weight is 566 g/mol. The molecule has 4 rings (SSSR count). The van der Waals surface area contributed by atoms with E-state index >= 15 is 0 Å². The molecule has 13 heteroatoms. The first kappa shape index (κ1) is 27.8. The summed E-state index contributed by atoms with van der Waals surface area (Å²) >= 11 is 6.18. The van der Waals surface area contributed by atoms with Gasteiger partial charge in [-0.15, -0.1) is 0 Å². The average Bonchev–Trinajstić information content (AvgIpc) is 2.83. The smallest absolute Gasteiger partial charge is 0.237 e. The van der Waals surface area contributed by atoms with Crippen molar-refractivity contribution in [3.05, 3.63) is 59.3 Å². The van der Waals surface area contributed by atoms with E-state index in [4.69, 9.17) is 11.6 Å². The molecule has 1 aliphatic heterocycles. The van der Waals surface area contributed by atoms with Gasteiger partial charge in [-0.2, -0.15) is 4.98 Å². The Balaban J connectivity index is 1.51. The Labute approximate surface area is 226 Å². The maximum absolute atomic E-state index is 14.9. The van der Waals surface area contributed by atoms with E-state index in [-0.39, 0.29) is 28.3 Å². The standard InChI is InChI=1S/C25H30ClF2N7O2S/c1-25(2,3)38(36,37)33-21-14-17(5-7-18(21)26)30-23-20(28)15-29-24(32-23)31-16-6-8-22(19(27)13-16)35-11-9-34(4)10-12-35/h5-8,13-15,33H,9-12H2,1-4H3,(H2,29,30,31,32). The SMILES string of the molecule is CN1CCN(c2ccc(Nc3ncc(F)c(Nc4ccc(Cl)c(NS(=O)(=O)C(C)(C)C)c4)n3)cc2F)CC1. The number of hydrogen-bond acceptors (Lipinski definition) is 8. The van der Waals surface area contributed by atoms with Gasteiger partial charge in [0.15, 0.2) is 11.6 Å². The van der Waals surface area contributed by atoms with Crippen molar-refractivity contribution in [2.24, 2.45) is 0 Å². The van der Waals surface area contributed by atoms with Gasteiger partial charge < -0.3 is 20.4 Å². The second-order valence-corrected chi connectivity index (χ2v) is 12.9. The van der Waals surface area contributed by atoms with Crippen LogP contribution in [0.2, 0.25) is 5.02 Å². The largest absolute Gasteiger partial charge is 0.367 e. The van der Waals surface area contributed by atoms with Crippen LogP contribution in [0.5, 0.6) is 0 Å². The van der Waals surface area contributed by atoms with Crippen LogP contribution in [-0.2, 0) is 10.0 Å². The van der Waals surface area contributed by atoms with Gasteiger partial charge in [0.25, 0.3) is 0 Å². The van der Waals surface area contributed by atoms with Crippen LogP contribution in [0, 0.1) is 11.6 Å². The van der Waals surface area contributed by atoms with Crippen LogP contribution in [-0.4, -0.2) is 61.3 Å². The van der Waals surface area contributed by atoms with Crippen LogP contribution in [0.3, 0.4) is 0 Å². The van der Waals surface area contributed by atoms with Gasteiger partial charge in [-0.05, 0) is 64.2 Å². The lowest BCUT2D eigenvalue weighted by Crippen LogP contribution is -2.44. The van der Waals surface area contributed by atoms with Crippen molar-refractivity contribution in [3.8, 4) is 0 Å². The zero-order valence-corrected chi connectivity index (χ0v) is 23.1. The van der Waals surface area contributed by atoms with E-state index in [2.05, 4.69) is 30.2 Å². The van der Waals surface area contributed by atoms with Crippen molar-refractivity contribution in [1.29, 1.82) is 0 Å². The molecular formula is C25H30ClF2N7O2S. The topological polar surface area (TPSA) is 102 Å². The van der Waals surface area contributed by atoms with Gasteiger partial charge in [0.1, 0.15) is 5.82 Å². The van der Waals surface area contributed by atoms with Crippen LogP contribution in [0.25, 0.3) is 0 Å². The summed E-state index contributed by atoms with van der Waals surface area (Å²) in [6.45, 7) is 7.86. The Morgan fingerprint density at radius 3 is 2.26 bits per heavy atom. The molecule has 1 saturated heterocycles. The number of hydrogen-bond donors (Lipinski definition) is 3. The fourth-order valence-electron chi connectivity index (χ4n) is 3.65. The fraction of sp³-hybridized carbons (Fsp3) is 0.360. The molecule has 3 aromatic rings. The van der Waals surface area contributed by atoms with Crippen molar-refractivity contribution in [1.82, 2.24) is 14.9 Å². The number of sulfonamides is 1. The Morgan fingerprint density at radius 1 is 0.947 bits per heavy atom. The van der Waals surface area contributed by atoms with Crippen molar-refractivity contribution in [2.75, 3.05) is 53.5 Å². The molecule has 2 heterocycles. The number of anilines is 6. The van der Waals surface area contributed by atoms with Crippen LogP contribution < -0.4 is 20.3 Å². The minimum atomic E-state index is -3.74. The number of nitrogens with zero attached hydrogens (tertiary/aromatic N) is 4. The highest BCUT2D eigenvalue weighted by Gasteiger charge is 2.29. The molecule has 3 N–H and O–H groups in total. The van der Waals surface area contributed by atoms with E-state index in [1.54, 1.807) is 39.0 Å². The highest BCUT2D eigenvalue weighted by molar-refractivity contribution is 7.94. The minimum absolute atomic E-state index is 0.0447. The molecule has 0 unspecified atom stereocenters. The quantitative estimate of drug-likeness (QED) is 0.360. The molecule has 38 heavy (non-hydrogen) atoms. The molecule has 9 nitrogen and oxygen atoms in total. The van der Waals surface area contributed by atoms with Gasteiger partial charge in [0.2, 0.25) is 16.0 Å². The number of halogens is 3. The first-order valence-corrected chi connectivity index (χ1v) is 13.8. The Bertz CT molecular complexity index is 1430. The van der Waals surface area contributed by atoms with Crippen molar-refractivity contribution in [2.45, 2.75) is 25.5 Å². The third kappa shape index (κ3) is 6.43. The molecule has 0 amide bonds. The van der Waals surface area contributed by atoms with E-state index in [1.165, 1.54) is 18.2 Å². The summed E-state index contributed by atoms with van der Waals surface area (Å²) < 4.78 is 55.9. The molecule has 1 aromatic heterocycles. The maximum atomic E-state index is 14.9. The van der Waals surface area contributed by atoms with Crippen molar-refractivity contribution >= 4 is 56.1 Å². The number of piperazine rings is 1. The number of nitrogens with one attached hydrogen (secondary N) is 3.